The number of aryl methyl sites for hydroxylation is 3. The predicted octanol–water partition coefficient (Wildman–Crippen LogP) is 3.51. The average molecular weight is 289 g/mol. The molecule has 106 valence electrons. The van der Waals surface area contributed by atoms with E-state index in [1.807, 2.05) is 45.2 Å². The summed E-state index contributed by atoms with van der Waals surface area (Å²) in [6.07, 6.45) is 0. The minimum absolute atomic E-state index is 0.0847. The molecule has 0 aliphatic rings. The van der Waals surface area contributed by atoms with Gasteiger partial charge in [0.15, 0.2) is 5.13 Å². The fourth-order valence-electron chi connectivity index (χ4n) is 2.00. The Morgan fingerprint density at radius 2 is 1.85 bits per heavy atom. The number of carbonyl (C=O) groups is 1. The minimum Gasteiger partial charge on any atom is -0.374 e. The molecule has 20 heavy (non-hydrogen) atoms. The average Bonchev–Trinajstić information content (AvgIpc) is 2.73. The van der Waals surface area contributed by atoms with Crippen molar-refractivity contribution in [3.63, 3.8) is 0 Å². The van der Waals surface area contributed by atoms with Crippen LogP contribution in [0.1, 0.15) is 23.7 Å². The number of nitrogens with zero attached hydrogens (tertiary/aromatic N) is 1. The summed E-state index contributed by atoms with van der Waals surface area (Å²) in [5, 5.41) is 8.59. The third-order valence-electron chi connectivity index (χ3n) is 2.85. The van der Waals surface area contributed by atoms with Gasteiger partial charge in [0.25, 0.3) is 0 Å². The summed E-state index contributed by atoms with van der Waals surface area (Å²) in [4.78, 5) is 16.3. The van der Waals surface area contributed by atoms with Crippen molar-refractivity contribution in [2.45, 2.75) is 33.7 Å². The molecule has 2 rings (SSSR count). The van der Waals surface area contributed by atoms with Gasteiger partial charge in [0.2, 0.25) is 5.91 Å². The quantitative estimate of drug-likeness (QED) is 0.905. The molecule has 0 aliphatic heterocycles. The molecule has 4 nitrogen and oxygen atoms in total. The van der Waals surface area contributed by atoms with Crippen molar-refractivity contribution >= 4 is 28.1 Å². The van der Waals surface area contributed by atoms with Gasteiger partial charge in [-0.1, -0.05) is 6.07 Å². The van der Waals surface area contributed by atoms with Crippen LogP contribution in [-0.4, -0.2) is 16.9 Å². The first-order valence-corrected chi connectivity index (χ1v) is 7.40. The van der Waals surface area contributed by atoms with E-state index in [2.05, 4.69) is 21.7 Å². The highest BCUT2D eigenvalue weighted by atomic mass is 32.1. The molecule has 0 fully saturated rings. The first-order chi connectivity index (χ1) is 9.44. The number of carbonyl (C=O) groups excluding carboxylic acids is 1. The fourth-order valence-corrected chi connectivity index (χ4v) is 2.69. The summed E-state index contributed by atoms with van der Waals surface area (Å²) in [6, 6.07) is 5.85. The van der Waals surface area contributed by atoms with Gasteiger partial charge in [0.1, 0.15) is 6.04 Å². The maximum atomic E-state index is 12.1. The summed E-state index contributed by atoms with van der Waals surface area (Å²) < 4.78 is 0. The Balaban J connectivity index is 2.00. The lowest BCUT2D eigenvalue weighted by molar-refractivity contribution is -0.116. The SMILES string of the molecule is Cc1cc(C)cc(NC(C)C(=O)Nc2nc(C)cs2)c1. The highest BCUT2D eigenvalue weighted by molar-refractivity contribution is 7.13. The van der Waals surface area contributed by atoms with Gasteiger partial charge in [0.05, 0.1) is 5.69 Å². The van der Waals surface area contributed by atoms with Crippen molar-refractivity contribution in [3.05, 3.63) is 40.4 Å². The van der Waals surface area contributed by atoms with Crippen molar-refractivity contribution in [2.75, 3.05) is 10.6 Å². The summed E-state index contributed by atoms with van der Waals surface area (Å²) in [7, 11) is 0. The van der Waals surface area contributed by atoms with Gasteiger partial charge in [-0.25, -0.2) is 4.98 Å². The molecule has 0 spiro atoms. The second-order valence-corrected chi connectivity index (χ2v) is 5.88. The van der Waals surface area contributed by atoms with Gasteiger partial charge >= 0.3 is 0 Å². The summed E-state index contributed by atoms with van der Waals surface area (Å²) in [5.41, 5.74) is 4.23. The number of amides is 1. The molecule has 1 aromatic carbocycles. The van der Waals surface area contributed by atoms with E-state index < -0.39 is 0 Å². The molecule has 5 heteroatoms. The molecule has 0 radical (unpaired) electrons. The molecule has 2 aromatic rings. The lowest BCUT2D eigenvalue weighted by atomic mass is 10.1. The lowest BCUT2D eigenvalue weighted by Crippen LogP contribution is -2.31. The number of hydrogen-bond donors (Lipinski definition) is 2. The third kappa shape index (κ3) is 3.81. The van der Waals surface area contributed by atoms with Crippen molar-refractivity contribution in [2.24, 2.45) is 0 Å². The van der Waals surface area contributed by atoms with Gasteiger partial charge < -0.3 is 10.6 Å². The number of anilines is 2. The van der Waals surface area contributed by atoms with Gasteiger partial charge in [-0.15, -0.1) is 11.3 Å². The Hall–Kier alpha value is -1.88. The molecule has 1 aromatic heterocycles. The molecule has 0 saturated carbocycles. The zero-order valence-electron chi connectivity index (χ0n) is 12.2. The molecule has 2 N–H and O–H groups in total. The van der Waals surface area contributed by atoms with E-state index in [9.17, 15) is 4.79 Å². The van der Waals surface area contributed by atoms with Gasteiger partial charge in [-0.2, -0.15) is 0 Å². The maximum Gasteiger partial charge on any atom is 0.248 e. The van der Waals surface area contributed by atoms with Crippen LogP contribution in [0.3, 0.4) is 0 Å². The van der Waals surface area contributed by atoms with E-state index in [0.29, 0.717) is 5.13 Å². The van der Waals surface area contributed by atoms with Crippen LogP contribution in [0.25, 0.3) is 0 Å². The Morgan fingerprint density at radius 3 is 2.40 bits per heavy atom. The second kappa shape index (κ2) is 6.05. The molecule has 1 unspecified atom stereocenters. The molecular weight excluding hydrogens is 270 g/mol. The molecular formula is C15H19N3OS. The number of aromatic nitrogens is 1. The van der Waals surface area contributed by atoms with Gasteiger partial charge in [-0.05, 0) is 51.0 Å². The highest BCUT2D eigenvalue weighted by Crippen LogP contribution is 2.17. The zero-order valence-corrected chi connectivity index (χ0v) is 13.0. The molecule has 0 bridgehead atoms. The van der Waals surface area contributed by atoms with E-state index in [-0.39, 0.29) is 11.9 Å². The Bertz CT molecular complexity index is 601. The summed E-state index contributed by atoms with van der Waals surface area (Å²) in [5.74, 6) is -0.0847. The number of benzene rings is 1. The van der Waals surface area contributed by atoms with Crippen molar-refractivity contribution in [1.29, 1.82) is 0 Å². The van der Waals surface area contributed by atoms with E-state index >= 15 is 0 Å². The van der Waals surface area contributed by atoms with Crippen molar-refractivity contribution < 1.29 is 4.79 Å². The van der Waals surface area contributed by atoms with E-state index in [4.69, 9.17) is 0 Å². The number of rotatable bonds is 4. The standard InChI is InChI=1S/C15H19N3OS/c1-9-5-10(2)7-13(6-9)17-12(4)14(19)18-15-16-11(3)8-20-15/h5-8,12,17H,1-4H3,(H,16,18,19). The monoisotopic (exact) mass is 289 g/mol. The summed E-state index contributed by atoms with van der Waals surface area (Å²) >= 11 is 1.44. The molecule has 0 saturated heterocycles. The number of hydrogen-bond acceptors (Lipinski definition) is 4. The Labute approximate surface area is 123 Å². The predicted molar refractivity (Wildman–Crippen MR) is 84.5 cm³/mol. The fraction of sp³-hybridized carbons (Fsp3) is 0.333. The van der Waals surface area contributed by atoms with Crippen LogP contribution < -0.4 is 10.6 Å². The lowest BCUT2D eigenvalue weighted by Gasteiger charge is -2.15. The van der Waals surface area contributed by atoms with Crippen LogP contribution in [0.2, 0.25) is 0 Å². The third-order valence-corrected chi connectivity index (χ3v) is 3.72. The molecule has 1 amide bonds. The maximum absolute atomic E-state index is 12.1. The van der Waals surface area contributed by atoms with Crippen LogP contribution >= 0.6 is 11.3 Å². The molecule has 0 aliphatic carbocycles. The number of nitrogens with one attached hydrogen (secondary N) is 2. The Kier molecular flexibility index (Phi) is 4.39. The van der Waals surface area contributed by atoms with E-state index in [1.165, 1.54) is 22.5 Å². The largest absolute Gasteiger partial charge is 0.374 e. The van der Waals surface area contributed by atoms with E-state index in [0.717, 1.165) is 11.4 Å². The van der Waals surface area contributed by atoms with Crippen molar-refractivity contribution in [1.82, 2.24) is 4.98 Å². The van der Waals surface area contributed by atoms with E-state index in [1.54, 1.807) is 0 Å². The second-order valence-electron chi connectivity index (χ2n) is 5.03. The minimum atomic E-state index is -0.319. The van der Waals surface area contributed by atoms with Crippen LogP contribution in [0.5, 0.6) is 0 Å². The van der Waals surface area contributed by atoms with Crippen LogP contribution in [-0.2, 0) is 4.79 Å². The number of thiazole rings is 1. The highest BCUT2D eigenvalue weighted by Gasteiger charge is 2.14. The van der Waals surface area contributed by atoms with Crippen LogP contribution in [0, 0.1) is 20.8 Å². The topological polar surface area (TPSA) is 54.0 Å². The normalized spacial score (nSPS) is 12.0. The van der Waals surface area contributed by atoms with Gasteiger partial charge in [-0.3, -0.25) is 4.79 Å². The zero-order chi connectivity index (χ0) is 14.7. The van der Waals surface area contributed by atoms with Crippen LogP contribution in [0.15, 0.2) is 23.6 Å². The first kappa shape index (κ1) is 14.5. The first-order valence-electron chi connectivity index (χ1n) is 6.52. The summed E-state index contributed by atoms with van der Waals surface area (Å²) in [6.45, 7) is 7.83. The van der Waals surface area contributed by atoms with Gasteiger partial charge in [0, 0.05) is 11.1 Å². The molecule has 1 atom stereocenters. The molecule has 1 heterocycles. The van der Waals surface area contributed by atoms with Crippen LogP contribution in [0.4, 0.5) is 10.8 Å². The van der Waals surface area contributed by atoms with Crippen molar-refractivity contribution in [3.8, 4) is 0 Å². The Morgan fingerprint density at radius 1 is 1.20 bits per heavy atom. The smallest absolute Gasteiger partial charge is 0.248 e.